The van der Waals surface area contributed by atoms with Crippen LogP contribution in [0.15, 0.2) is 0 Å². The van der Waals surface area contributed by atoms with E-state index in [0.717, 1.165) is 0 Å². The number of rotatable bonds is 4. The second-order valence-corrected chi connectivity index (χ2v) is 5.53. The summed E-state index contributed by atoms with van der Waals surface area (Å²) in [6, 6.07) is -0.564. The molecule has 0 unspecified atom stereocenters. The molecule has 1 saturated heterocycles. The van der Waals surface area contributed by atoms with E-state index in [-0.39, 0.29) is 10.1 Å². The molecule has 1 aliphatic heterocycles. The number of aliphatic carboxylic acids is 1. The Labute approximate surface area is 86.6 Å². The highest BCUT2D eigenvalue weighted by atomic mass is 32.2. The van der Waals surface area contributed by atoms with Gasteiger partial charge in [0.15, 0.2) is 0 Å². The van der Waals surface area contributed by atoms with E-state index in [1.807, 2.05) is 13.8 Å². The van der Waals surface area contributed by atoms with E-state index in [0.29, 0.717) is 13.0 Å². The van der Waals surface area contributed by atoms with Gasteiger partial charge in [-0.05, 0) is 13.8 Å². The molecule has 80 valence electrons. The molecule has 0 bridgehead atoms. The van der Waals surface area contributed by atoms with Gasteiger partial charge >= 0.3 is 5.97 Å². The van der Waals surface area contributed by atoms with Crippen LogP contribution < -0.4 is 10.6 Å². The molecule has 0 saturated carbocycles. The number of carboxylic acids is 1. The Balaban J connectivity index is 2.57. The largest absolute Gasteiger partial charge is 0.480 e. The molecule has 14 heavy (non-hydrogen) atoms. The summed E-state index contributed by atoms with van der Waals surface area (Å²) in [4.78, 5) is 20.9. The van der Waals surface area contributed by atoms with Crippen LogP contribution in [0.5, 0.6) is 0 Å². The van der Waals surface area contributed by atoms with E-state index in [2.05, 4.69) is 10.6 Å². The van der Waals surface area contributed by atoms with E-state index >= 15 is 0 Å². The molecule has 6 heteroatoms. The molecule has 0 spiro atoms. The van der Waals surface area contributed by atoms with Gasteiger partial charge in [0, 0.05) is 11.3 Å². The lowest BCUT2D eigenvalue weighted by molar-refractivity contribution is -0.139. The number of hydrogen-bond donors (Lipinski definition) is 3. The third-order valence-electron chi connectivity index (χ3n) is 2.13. The first-order valence-corrected chi connectivity index (χ1v) is 5.19. The minimum atomic E-state index is -0.851. The summed E-state index contributed by atoms with van der Waals surface area (Å²) in [6.45, 7) is 4.20. The summed E-state index contributed by atoms with van der Waals surface area (Å²) in [5.41, 5.74) is 0. The molecule has 3 N–H and O–H groups in total. The van der Waals surface area contributed by atoms with Crippen molar-refractivity contribution in [2.45, 2.75) is 30.0 Å². The second-order valence-electron chi connectivity index (χ2n) is 3.67. The minimum Gasteiger partial charge on any atom is -0.480 e. The van der Waals surface area contributed by atoms with Crippen LogP contribution in [0.2, 0.25) is 0 Å². The molecular formula is C8H14N2O3S. The lowest BCUT2D eigenvalue weighted by atomic mass is 10.0. The number of hydrogen-bond acceptors (Lipinski definition) is 4. The van der Waals surface area contributed by atoms with Crippen molar-refractivity contribution >= 4 is 24.1 Å². The van der Waals surface area contributed by atoms with Crippen molar-refractivity contribution in [3.63, 3.8) is 0 Å². The van der Waals surface area contributed by atoms with Gasteiger partial charge in [-0.2, -0.15) is 0 Å². The number of carboxylic acid groups (broad SMARTS) is 1. The van der Waals surface area contributed by atoms with Gasteiger partial charge in [0.25, 0.3) is 0 Å². The zero-order valence-corrected chi connectivity index (χ0v) is 8.93. The fourth-order valence-corrected chi connectivity index (χ4v) is 2.90. The fourth-order valence-electron chi connectivity index (χ4n) is 1.48. The Bertz CT molecular complexity index is 245. The summed E-state index contributed by atoms with van der Waals surface area (Å²) in [5, 5.41) is 14.4. The number of thioether (sulfide) groups is 1. The van der Waals surface area contributed by atoms with E-state index in [1.54, 1.807) is 0 Å². The number of amides is 1. The number of carbonyl (C=O) groups excluding carboxylic acids is 1. The van der Waals surface area contributed by atoms with Crippen LogP contribution in [0.1, 0.15) is 13.8 Å². The lowest BCUT2D eigenvalue weighted by Crippen LogP contribution is -2.46. The van der Waals surface area contributed by atoms with Gasteiger partial charge in [0.2, 0.25) is 6.41 Å². The molecule has 1 aliphatic rings. The van der Waals surface area contributed by atoms with Crippen molar-refractivity contribution in [3.05, 3.63) is 0 Å². The number of nitrogens with one attached hydrogen (secondary N) is 2. The first-order valence-electron chi connectivity index (χ1n) is 4.31. The highest BCUT2D eigenvalue weighted by Gasteiger charge is 2.44. The molecule has 0 aliphatic carbocycles. The van der Waals surface area contributed by atoms with Crippen LogP contribution in [0, 0.1) is 0 Å². The highest BCUT2D eigenvalue weighted by molar-refractivity contribution is 8.01. The molecular weight excluding hydrogens is 204 g/mol. The van der Waals surface area contributed by atoms with Crippen LogP contribution in [-0.4, -0.2) is 40.2 Å². The van der Waals surface area contributed by atoms with Crippen LogP contribution in [0.4, 0.5) is 0 Å². The number of carbonyl (C=O) groups is 2. The molecule has 1 rings (SSSR count). The topological polar surface area (TPSA) is 78.4 Å². The Kier molecular flexibility index (Phi) is 3.38. The molecule has 0 radical (unpaired) electrons. The third-order valence-corrected chi connectivity index (χ3v) is 3.56. The molecule has 0 aromatic rings. The molecule has 0 aromatic carbocycles. The van der Waals surface area contributed by atoms with E-state index in [9.17, 15) is 9.59 Å². The van der Waals surface area contributed by atoms with Gasteiger partial charge in [-0.25, -0.2) is 0 Å². The van der Waals surface area contributed by atoms with Gasteiger partial charge in [0.1, 0.15) is 6.04 Å². The third kappa shape index (κ3) is 2.39. The van der Waals surface area contributed by atoms with Crippen LogP contribution in [0.25, 0.3) is 0 Å². The van der Waals surface area contributed by atoms with Crippen LogP contribution in [0.3, 0.4) is 0 Å². The van der Waals surface area contributed by atoms with Crippen molar-refractivity contribution in [3.8, 4) is 0 Å². The van der Waals surface area contributed by atoms with Gasteiger partial charge in [0.05, 0.1) is 5.37 Å². The molecule has 1 heterocycles. The van der Waals surface area contributed by atoms with Crippen molar-refractivity contribution in [2.24, 2.45) is 0 Å². The summed E-state index contributed by atoms with van der Waals surface area (Å²) >= 11 is 1.53. The predicted octanol–water partition coefficient (Wildman–Crippen LogP) is -0.373. The normalized spacial score (nSPS) is 29.9. The molecule has 1 fully saturated rings. The average molecular weight is 218 g/mol. The van der Waals surface area contributed by atoms with E-state index in [1.165, 1.54) is 11.8 Å². The monoisotopic (exact) mass is 218 g/mol. The second kappa shape index (κ2) is 4.18. The lowest BCUT2D eigenvalue weighted by Gasteiger charge is -2.20. The fraction of sp³-hybridized carbons (Fsp3) is 0.750. The van der Waals surface area contributed by atoms with Crippen LogP contribution >= 0.6 is 11.8 Å². The molecule has 1 amide bonds. The molecule has 0 aromatic heterocycles. The Morgan fingerprint density at radius 1 is 1.71 bits per heavy atom. The maximum absolute atomic E-state index is 10.9. The maximum Gasteiger partial charge on any atom is 0.322 e. The summed E-state index contributed by atoms with van der Waals surface area (Å²) in [6.07, 6.45) is 0.614. The van der Waals surface area contributed by atoms with Crippen molar-refractivity contribution in [2.75, 3.05) is 6.54 Å². The van der Waals surface area contributed by atoms with Crippen LogP contribution in [-0.2, 0) is 9.59 Å². The SMILES string of the molecule is CC1(C)S[C@H](CNC=O)N[C@H]1C(=O)O. The first-order chi connectivity index (χ1) is 6.47. The van der Waals surface area contributed by atoms with Gasteiger partial charge in [-0.1, -0.05) is 0 Å². The van der Waals surface area contributed by atoms with Gasteiger partial charge in [-0.3, -0.25) is 14.9 Å². The standard InChI is InChI=1S/C8H14N2O3S/c1-8(2)6(7(12)13)10-5(14-8)3-9-4-11/h4-6,10H,3H2,1-2H3,(H,9,11)(H,12,13)/t5-,6+/m1/s1. The maximum atomic E-state index is 10.9. The first kappa shape index (κ1) is 11.3. The summed E-state index contributed by atoms with van der Waals surface area (Å²) in [7, 11) is 0. The van der Waals surface area contributed by atoms with Crippen molar-refractivity contribution in [1.29, 1.82) is 0 Å². The smallest absolute Gasteiger partial charge is 0.322 e. The Morgan fingerprint density at radius 3 is 2.79 bits per heavy atom. The molecule has 2 atom stereocenters. The van der Waals surface area contributed by atoms with Crippen molar-refractivity contribution in [1.82, 2.24) is 10.6 Å². The predicted molar refractivity (Wildman–Crippen MR) is 54.1 cm³/mol. The Hall–Kier alpha value is -0.750. The van der Waals surface area contributed by atoms with E-state index < -0.39 is 12.0 Å². The van der Waals surface area contributed by atoms with Gasteiger partial charge < -0.3 is 10.4 Å². The minimum absolute atomic E-state index is 0.0312. The molecule has 5 nitrogen and oxygen atoms in total. The zero-order chi connectivity index (χ0) is 10.8. The summed E-state index contributed by atoms with van der Waals surface area (Å²) in [5.74, 6) is -0.851. The summed E-state index contributed by atoms with van der Waals surface area (Å²) < 4.78 is -0.346. The van der Waals surface area contributed by atoms with E-state index in [4.69, 9.17) is 5.11 Å². The Morgan fingerprint density at radius 2 is 2.36 bits per heavy atom. The van der Waals surface area contributed by atoms with Gasteiger partial charge in [-0.15, -0.1) is 11.8 Å². The highest BCUT2D eigenvalue weighted by Crippen LogP contribution is 2.37. The zero-order valence-electron chi connectivity index (χ0n) is 8.11. The van der Waals surface area contributed by atoms with Crippen molar-refractivity contribution < 1.29 is 14.7 Å². The average Bonchev–Trinajstić information content (AvgIpc) is 2.37. The quantitative estimate of drug-likeness (QED) is 0.561.